The Morgan fingerprint density at radius 1 is 0.571 bits per heavy atom. The topological polar surface area (TPSA) is 0 Å². The van der Waals surface area contributed by atoms with Crippen molar-refractivity contribution in [1.82, 2.24) is 0 Å². The van der Waals surface area contributed by atoms with Crippen LogP contribution in [0.15, 0.2) is 120 Å². The average Bonchev–Trinajstić information content (AvgIpc) is 3.46. The molecule has 1 heterocycles. The number of halogens is 3. The van der Waals surface area contributed by atoms with Crippen molar-refractivity contribution in [1.29, 1.82) is 0 Å². The van der Waals surface area contributed by atoms with Gasteiger partial charge in [-0.15, -0.1) is 90.1 Å². The summed E-state index contributed by atoms with van der Waals surface area (Å²) in [6.07, 6.45) is 0. The summed E-state index contributed by atoms with van der Waals surface area (Å²) in [4.78, 5) is 0. The van der Waals surface area contributed by atoms with Crippen LogP contribution in [0.3, 0.4) is 0 Å². The fourth-order valence-electron chi connectivity index (χ4n) is 4.29. The molecule has 5 bridgehead atoms. The summed E-state index contributed by atoms with van der Waals surface area (Å²) in [6, 6.07) is 41.2. The molecular formula is C30H19BrCl2SZr. The molecule has 7 aromatic rings. The molecule has 6 aromatic carbocycles. The van der Waals surface area contributed by atoms with E-state index in [0.717, 1.165) is 4.47 Å². The molecule has 0 saturated heterocycles. The molecule has 0 radical (unpaired) electrons. The van der Waals surface area contributed by atoms with E-state index >= 15 is 0 Å². The Kier molecular flexibility index (Phi) is 9.55. The molecule has 7 rings (SSSR count). The van der Waals surface area contributed by atoms with Crippen molar-refractivity contribution in [3.8, 4) is 11.1 Å². The summed E-state index contributed by atoms with van der Waals surface area (Å²) in [6.45, 7) is 0. The number of rotatable bonds is 1. The predicted molar refractivity (Wildman–Crippen MR) is 145 cm³/mol. The average molecular weight is 654 g/mol. The summed E-state index contributed by atoms with van der Waals surface area (Å²) in [7, 11) is 0. The molecule has 35 heavy (non-hydrogen) atoms. The van der Waals surface area contributed by atoms with Gasteiger partial charge in [0.05, 0.1) is 0 Å². The molecule has 0 N–H and O–H groups in total. The van der Waals surface area contributed by atoms with E-state index < -0.39 is 0 Å². The van der Waals surface area contributed by atoms with Crippen molar-refractivity contribution >= 4 is 69.0 Å². The zero-order chi connectivity index (χ0) is 21.5. The Morgan fingerprint density at radius 3 is 2.09 bits per heavy atom. The standard InChI is InChI=1S/C15H10Br.C15H9S.2ClH.Zr/c16-15-8-4-7-12-9-13(10-14(12)15)11-5-2-1-3-6-11;1-2-10-8-14(3-1)16-15-5-4-11-6-12(10)7-13(11)9-15;;;/h1-10H;1-9H;2*1H;/q2*-1;;;+4/p-2. The second kappa shape index (κ2) is 12.0. The molecule has 5 heteroatoms. The van der Waals surface area contributed by atoms with Gasteiger partial charge in [-0.05, 0) is 10.5 Å². The van der Waals surface area contributed by atoms with Gasteiger partial charge in [-0.3, -0.25) is 0 Å². The maximum atomic E-state index is 3.58. The van der Waals surface area contributed by atoms with Crippen molar-refractivity contribution < 1.29 is 51.0 Å². The van der Waals surface area contributed by atoms with E-state index in [4.69, 9.17) is 0 Å². The van der Waals surface area contributed by atoms with Crippen molar-refractivity contribution in [2.45, 2.75) is 0 Å². The molecule has 0 amide bonds. The van der Waals surface area contributed by atoms with Gasteiger partial charge in [0, 0.05) is 9.40 Å². The minimum atomic E-state index is 0. The smallest absolute Gasteiger partial charge is 1.00 e. The normalized spacial score (nSPS) is 10.3. The quantitative estimate of drug-likeness (QED) is 0.236. The van der Waals surface area contributed by atoms with E-state index in [1.165, 1.54) is 52.8 Å². The Hall–Kier alpha value is -1.74. The number of benzene rings is 4. The maximum absolute atomic E-state index is 3.58. The molecule has 0 saturated carbocycles. The first kappa shape index (κ1) is 27.8. The molecule has 0 fully saturated rings. The van der Waals surface area contributed by atoms with Crippen LogP contribution < -0.4 is 24.8 Å². The van der Waals surface area contributed by atoms with E-state index in [1.54, 1.807) is 0 Å². The fourth-order valence-corrected chi connectivity index (χ4v) is 5.71. The summed E-state index contributed by atoms with van der Waals surface area (Å²) in [5.74, 6) is 0. The third-order valence-electron chi connectivity index (χ3n) is 5.89. The molecule has 0 spiro atoms. The Balaban J connectivity index is 0.000000180. The van der Waals surface area contributed by atoms with Crippen LogP contribution in [-0.2, 0) is 26.2 Å². The second-order valence-corrected chi connectivity index (χ2v) is 10.0. The summed E-state index contributed by atoms with van der Waals surface area (Å²) >= 11 is 5.42. The van der Waals surface area contributed by atoms with Gasteiger partial charge in [-0.25, -0.2) is 0 Å². The van der Waals surface area contributed by atoms with E-state index in [0.29, 0.717) is 0 Å². The van der Waals surface area contributed by atoms with Gasteiger partial charge in [-0.2, -0.15) is 0 Å². The van der Waals surface area contributed by atoms with Crippen LogP contribution in [0.25, 0.3) is 52.8 Å². The third kappa shape index (κ3) is 5.82. The monoisotopic (exact) mass is 650 g/mol. The third-order valence-corrected chi connectivity index (χ3v) is 7.56. The number of hydrogen-bond acceptors (Lipinski definition) is 1. The molecule has 1 aromatic heterocycles. The van der Waals surface area contributed by atoms with Gasteiger partial charge in [-0.1, -0.05) is 89.8 Å². The first-order valence-electron chi connectivity index (χ1n) is 10.6. The zero-order valence-corrected chi connectivity index (χ0v) is 24.9. The molecule has 0 atom stereocenters. The van der Waals surface area contributed by atoms with Crippen molar-refractivity contribution in [3.63, 3.8) is 0 Å². The zero-order valence-electron chi connectivity index (χ0n) is 18.5. The number of hydrogen-bond donors (Lipinski definition) is 0. The van der Waals surface area contributed by atoms with Gasteiger partial charge in [0.1, 0.15) is 0 Å². The molecular weight excluding hydrogens is 634 g/mol. The van der Waals surface area contributed by atoms with Crippen LogP contribution in [0.5, 0.6) is 0 Å². The first-order valence-corrected chi connectivity index (χ1v) is 12.2. The molecule has 0 aliphatic rings. The summed E-state index contributed by atoms with van der Waals surface area (Å²) in [5.41, 5.74) is 2.55. The second-order valence-electron chi connectivity index (χ2n) is 8.02. The van der Waals surface area contributed by atoms with E-state index in [2.05, 4.69) is 125 Å². The summed E-state index contributed by atoms with van der Waals surface area (Å²) < 4.78 is 3.80. The van der Waals surface area contributed by atoms with Gasteiger partial charge in [0.25, 0.3) is 0 Å². The minimum absolute atomic E-state index is 0. The van der Waals surface area contributed by atoms with E-state index in [1.807, 2.05) is 17.4 Å². The Morgan fingerprint density at radius 2 is 1.29 bits per heavy atom. The predicted octanol–water partition coefficient (Wildman–Crippen LogP) is 3.92. The largest absolute Gasteiger partial charge is 4.00 e. The Labute approximate surface area is 248 Å². The van der Waals surface area contributed by atoms with Gasteiger partial charge < -0.3 is 24.8 Å². The fraction of sp³-hybridized carbons (Fsp3) is 0. The maximum Gasteiger partial charge on any atom is 4.00 e. The van der Waals surface area contributed by atoms with Crippen LogP contribution in [0.1, 0.15) is 0 Å². The van der Waals surface area contributed by atoms with Gasteiger partial charge >= 0.3 is 26.2 Å². The molecule has 0 nitrogen and oxygen atoms in total. The molecule has 0 aliphatic heterocycles. The van der Waals surface area contributed by atoms with Gasteiger partial charge in [0.2, 0.25) is 0 Å². The van der Waals surface area contributed by atoms with E-state index in [9.17, 15) is 0 Å². The first-order chi connectivity index (χ1) is 15.7. The van der Waals surface area contributed by atoms with Crippen LogP contribution in [0.4, 0.5) is 0 Å². The van der Waals surface area contributed by atoms with Crippen LogP contribution >= 0.6 is 27.3 Å². The molecule has 0 unspecified atom stereocenters. The van der Waals surface area contributed by atoms with Gasteiger partial charge in [0.15, 0.2) is 0 Å². The van der Waals surface area contributed by atoms with Crippen LogP contribution in [0, 0.1) is 0 Å². The van der Waals surface area contributed by atoms with Crippen LogP contribution in [-0.4, -0.2) is 0 Å². The van der Waals surface area contributed by atoms with Crippen molar-refractivity contribution in [2.75, 3.05) is 0 Å². The van der Waals surface area contributed by atoms with Crippen molar-refractivity contribution in [2.24, 2.45) is 0 Å². The molecule has 170 valence electrons. The molecule has 0 aliphatic carbocycles. The Bertz CT molecular complexity index is 1690. The van der Waals surface area contributed by atoms with E-state index in [-0.39, 0.29) is 51.0 Å². The van der Waals surface area contributed by atoms with Crippen molar-refractivity contribution in [3.05, 3.63) is 120 Å². The number of fused-ring (bicyclic) bond motifs is 6. The van der Waals surface area contributed by atoms with Crippen LogP contribution in [0.2, 0.25) is 0 Å². The SMILES string of the molecule is Brc1cccc2cc(-c3ccccc3)[cH-]c12.[Cl-].[Cl-].[Zr+4].c1cc2cc(c1)c1cc3cc(ccc3[cH-]1)s2. The minimum Gasteiger partial charge on any atom is -1.00 e. The summed E-state index contributed by atoms with van der Waals surface area (Å²) in [5, 5.41) is 7.91.